The van der Waals surface area contributed by atoms with Crippen molar-refractivity contribution >= 4 is 21.1 Å². The lowest BCUT2D eigenvalue weighted by Crippen LogP contribution is -2.31. The summed E-state index contributed by atoms with van der Waals surface area (Å²) in [6, 6.07) is 7.77. The Kier molecular flexibility index (Phi) is 3.28. The van der Waals surface area contributed by atoms with Crippen LogP contribution in [0.4, 0.5) is 0 Å². The molecule has 2 heterocycles. The quantitative estimate of drug-likeness (QED) is 0.851. The van der Waals surface area contributed by atoms with Crippen molar-refractivity contribution in [3.8, 4) is 0 Å². The van der Waals surface area contributed by atoms with Gasteiger partial charge in [-0.3, -0.25) is 0 Å². The van der Waals surface area contributed by atoms with Crippen LogP contribution in [0, 0.1) is 0 Å². The number of para-hydroxylation sites is 2. The van der Waals surface area contributed by atoms with Crippen molar-refractivity contribution in [2.24, 2.45) is 0 Å². The van der Waals surface area contributed by atoms with Crippen LogP contribution in [0.2, 0.25) is 0 Å². The Labute approximate surface area is 112 Å². The monoisotopic (exact) mass is 279 g/mol. The van der Waals surface area contributed by atoms with Gasteiger partial charge in [0.05, 0.1) is 23.1 Å². The van der Waals surface area contributed by atoms with Gasteiger partial charge in [-0.1, -0.05) is 12.1 Å². The third-order valence-corrected chi connectivity index (χ3v) is 5.43. The molecular weight excluding hydrogens is 262 g/mol. The Morgan fingerprint density at radius 2 is 1.89 bits per heavy atom. The molecule has 0 radical (unpaired) electrons. The van der Waals surface area contributed by atoms with E-state index in [4.69, 9.17) is 0 Å². The summed E-state index contributed by atoms with van der Waals surface area (Å²) >= 11 is 0. The standard InChI is InChI=1S/C13H17N3O2S/c17-19(18,16-7-3-4-8-16)10-9-15-11-14-12-5-1-2-6-13(12)15/h1-2,5-6,11H,3-4,7-10H2. The van der Waals surface area contributed by atoms with Crippen LogP contribution in [-0.2, 0) is 16.6 Å². The Morgan fingerprint density at radius 1 is 1.16 bits per heavy atom. The molecule has 1 fully saturated rings. The van der Waals surface area contributed by atoms with Gasteiger partial charge in [0.2, 0.25) is 10.0 Å². The molecule has 1 aromatic carbocycles. The molecule has 1 aliphatic rings. The second kappa shape index (κ2) is 4.94. The molecule has 0 amide bonds. The summed E-state index contributed by atoms with van der Waals surface area (Å²) in [6.07, 6.45) is 3.67. The first-order chi connectivity index (χ1) is 9.17. The lowest BCUT2D eigenvalue weighted by molar-refractivity contribution is 0.474. The van der Waals surface area contributed by atoms with Crippen molar-refractivity contribution in [2.75, 3.05) is 18.8 Å². The smallest absolute Gasteiger partial charge is 0.215 e. The van der Waals surface area contributed by atoms with Gasteiger partial charge >= 0.3 is 0 Å². The van der Waals surface area contributed by atoms with Gasteiger partial charge in [0.25, 0.3) is 0 Å². The number of rotatable bonds is 4. The van der Waals surface area contributed by atoms with Gasteiger partial charge in [0.1, 0.15) is 0 Å². The minimum absolute atomic E-state index is 0.146. The van der Waals surface area contributed by atoms with E-state index in [1.165, 1.54) is 0 Å². The van der Waals surface area contributed by atoms with Gasteiger partial charge in [-0.15, -0.1) is 0 Å². The molecule has 1 saturated heterocycles. The zero-order valence-electron chi connectivity index (χ0n) is 10.7. The summed E-state index contributed by atoms with van der Waals surface area (Å²) in [7, 11) is -3.12. The first-order valence-corrected chi connectivity index (χ1v) is 8.15. The van der Waals surface area contributed by atoms with Gasteiger partial charge in [-0.05, 0) is 25.0 Å². The Morgan fingerprint density at radius 3 is 2.68 bits per heavy atom. The number of sulfonamides is 1. The van der Waals surface area contributed by atoms with E-state index in [2.05, 4.69) is 4.98 Å². The molecule has 2 aromatic rings. The van der Waals surface area contributed by atoms with E-state index in [9.17, 15) is 8.42 Å². The lowest BCUT2D eigenvalue weighted by atomic mass is 10.3. The van der Waals surface area contributed by atoms with Crippen molar-refractivity contribution in [3.63, 3.8) is 0 Å². The van der Waals surface area contributed by atoms with Crippen LogP contribution in [0.25, 0.3) is 11.0 Å². The molecule has 1 aromatic heterocycles. The molecule has 0 aliphatic carbocycles. The SMILES string of the molecule is O=S(=O)(CCn1cnc2ccccc21)N1CCCC1. The van der Waals surface area contributed by atoms with Crippen molar-refractivity contribution in [1.29, 1.82) is 0 Å². The molecule has 3 rings (SSSR count). The van der Waals surface area contributed by atoms with Gasteiger partial charge in [0.15, 0.2) is 0 Å². The number of hydrogen-bond donors (Lipinski definition) is 0. The zero-order chi connectivity index (χ0) is 13.3. The maximum Gasteiger partial charge on any atom is 0.215 e. The predicted octanol–water partition coefficient (Wildman–Crippen LogP) is 1.46. The molecule has 5 nitrogen and oxygen atoms in total. The highest BCUT2D eigenvalue weighted by molar-refractivity contribution is 7.89. The topological polar surface area (TPSA) is 55.2 Å². The normalized spacial score (nSPS) is 17.3. The van der Waals surface area contributed by atoms with Crippen molar-refractivity contribution in [1.82, 2.24) is 13.9 Å². The van der Waals surface area contributed by atoms with E-state index in [0.29, 0.717) is 19.6 Å². The largest absolute Gasteiger partial charge is 0.330 e. The maximum atomic E-state index is 12.2. The molecule has 0 spiro atoms. The number of nitrogens with zero attached hydrogens (tertiary/aromatic N) is 3. The molecular formula is C13H17N3O2S. The molecule has 0 saturated carbocycles. The van der Waals surface area contributed by atoms with E-state index >= 15 is 0 Å². The number of fused-ring (bicyclic) bond motifs is 1. The summed E-state index contributed by atoms with van der Waals surface area (Å²) < 4.78 is 27.8. The highest BCUT2D eigenvalue weighted by Gasteiger charge is 2.24. The highest BCUT2D eigenvalue weighted by Crippen LogP contribution is 2.15. The van der Waals surface area contributed by atoms with Crippen LogP contribution in [0.15, 0.2) is 30.6 Å². The van der Waals surface area contributed by atoms with Crippen molar-refractivity contribution in [2.45, 2.75) is 19.4 Å². The number of aryl methyl sites for hydroxylation is 1. The Hall–Kier alpha value is -1.40. The third-order valence-electron chi connectivity index (χ3n) is 3.58. The molecule has 1 aliphatic heterocycles. The van der Waals surface area contributed by atoms with Crippen LogP contribution in [-0.4, -0.2) is 41.1 Å². The van der Waals surface area contributed by atoms with E-state index in [0.717, 1.165) is 23.9 Å². The molecule has 0 unspecified atom stereocenters. The average molecular weight is 279 g/mol. The van der Waals surface area contributed by atoms with Gasteiger partial charge in [0, 0.05) is 19.6 Å². The fourth-order valence-corrected chi connectivity index (χ4v) is 4.00. The maximum absolute atomic E-state index is 12.2. The van der Waals surface area contributed by atoms with Gasteiger partial charge < -0.3 is 4.57 Å². The number of aromatic nitrogens is 2. The fourth-order valence-electron chi connectivity index (χ4n) is 2.50. The summed E-state index contributed by atoms with van der Waals surface area (Å²) in [6.45, 7) is 1.80. The number of benzene rings is 1. The summed E-state index contributed by atoms with van der Waals surface area (Å²) in [5.41, 5.74) is 1.89. The number of hydrogen-bond acceptors (Lipinski definition) is 3. The minimum Gasteiger partial charge on any atom is -0.330 e. The van der Waals surface area contributed by atoms with E-state index in [1.807, 2.05) is 28.8 Å². The highest BCUT2D eigenvalue weighted by atomic mass is 32.2. The van der Waals surface area contributed by atoms with Crippen molar-refractivity contribution in [3.05, 3.63) is 30.6 Å². The third kappa shape index (κ3) is 2.50. The fraction of sp³-hybridized carbons (Fsp3) is 0.462. The van der Waals surface area contributed by atoms with Gasteiger partial charge in [-0.25, -0.2) is 17.7 Å². The molecule has 0 N–H and O–H groups in total. The Balaban J connectivity index is 1.75. The lowest BCUT2D eigenvalue weighted by Gasteiger charge is -2.15. The van der Waals surface area contributed by atoms with Crippen molar-refractivity contribution < 1.29 is 8.42 Å². The van der Waals surface area contributed by atoms with Crippen LogP contribution in [0.1, 0.15) is 12.8 Å². The summed E-state index contributed by atoms with van der Waals surface area (Å²) in [4.78, 5) is 4.27. The summed E-state index contributed by atoms with van der Waals surface area (Å²) in [5.74, 6) is 0.146. The molecule has 102 valence electrons. The molecule has 0 atom stereocenters. The van der Waals surface area contributed by atoms with E-state index in [-0.39, 0.29) is 5.75 Å². The predicted molar refractivity (Wildman–Crippen MR) is 74.3 cm³/mol. The number of imidazole rings is 1. The first kappa shape index (κ1) is 12.6. The van der Waals surface area contributed by atoms with Crippen LogP contribution in [0.3, 0.4) is 0 Å². The zero-order valence-corrected chi connectivity index (χ0v) is 11.5. The van der Waals surface area contributed by atoms with Crippen LogP contribution in [0.5, 0.6) is 0 Å². The molecule has 19 heavy (non-hydrogen) atoms. The first-order valence-electron chi connectivity index (χ1n) is 6.54. The van der Waals surface area contributed by atoms with E-state index < -0.39 is 10.0 Å². The van der Waals surface area contributed by atoms with E-state index in [1.54, 1.807) is 10.6 Å². The Bertz CT molecular complexity index is 672. The van der Waals surface area contributed by atoms with Crippen LogP contribution < -0.4 is 0 Å². The van der Waals surface area contributed by atoms with Crippen LogP contribution >= 0.6 is 0 Å². The second-order valence-corrected chi connectivity index (χ2v) is 6.94. The van der Waals surface area contributed by atoms with Gasteiger partial charge in [-0.2, -0.15) is 0 Å². The average Bonchev–Trinajstić information content (AvgIpc) is 3.07. The second-order valence-electron chi connectivity index (χ2n) is 4.85. The minimum atomic E-state index is -3.12. The summed E-state index contributed by atoms with van der Waals surface area (Å²) in [5, 5.41) is 0. The molecule has 6 heteroatoms. The molecule has 0 bridgehead atoms.